The molecule has 3 aromatic rings. The number of fused-ring (bicyclic) bond motifs is 1. The molecule has 3 rings (SSSR count). The van der Waals surface area contributed by atoms with Crippen molar-refractivity contribution < 1.29 is 9.90 Å². The first-order valence-corrected chi connectivity index (χ1v) is 7.81. The average Bonchev–Trinajstić information content (AvgIpc) is 2.89. The van der Waals surface area contributed by atoms with Crippen LogP contribution >= 0.6 is 11.6 Å². The van der Waals surface area contributed by atoms with Gasteiger partial charge in [-0.3, -0.25) is 5.41 Å². The van der Waals surface area contributed by atoms with Gasteiger partial charge in [0, 0.05) is 12.6 Å². The SMILES string of the molecule is Cn1c(CNc2ccc(C(=N)N)cc2Cl)nc2cc(C(=O)O)ccc21. The number of carboxylic acids is 1. The maximum atomic E-state index is 11.1. The van der Waals surface area contributed by atoms with Crippen molar-refractivity contribution in [2.75, 3.05) is 5.32 Å². The molecule has 25 heavy (non-hydrogen) atoms. The fourth-order valence-electron chi connectivity index (χ4n) is 2.54. The predicted molar refractivity (Wildman–Crippen MR) is 97.5 cm³/mol. The molecule has 0 saturated carbocycles. The van der Waals surface area contributed by atoms with E-state index in [1.54, 1.807) is 36.4 Å². The number of halogens is 1. The summed E-state index contributed by atoms with van der Waals surface area (Å²) in [5.41, 5.74) is 8.37. The van der Waals surface area contributed by atoms with Gasteiger partial charge in [0.1, 0.15) is 11.7 Å². The van der Waals surface area contributed by atoms with E-state index in [4.69, 9.17) is 27.9 Å². The fourth-order valence-corrected chi connectivity index (χ4v) is 2.79. The second-order valence-electron chi connectivity index (χ2n) is 5.56. The topological polar surface area (TPSA) is 117 Å². The summed E-state index contributed by atoms with van der Waals surface area (Å²) in [6, 6.07) is 9.94. The second kappa shape index (κ2) is 6.45. The Balaban J connectivity index is 1.85. The molecule has 1 heterocycles. The normalized spacial score (nSPS) is 10.8. The van der Waals surface area contributed by atoms with E-state index in [1.165, 1.54) is 0 Å². The van der Waals surface area contributed by atoms with Gasteiger partial charge < -0.3 is 20.7 Å². The molecule has 8 heteroatoms. The van der Waals surface area contributed by atoms with Crippen LogP contribution in [0.2, 0.25) is 5.02 Å². The van der Waals surface area contributed by atoms with E-state index in [2.05, 4.69) is 10.3 Å². The number of nitrogens with zero attached hydrogens (tertiary/aromatic N) is 2. The Morgan fingerprint density at radius 1 is 1.32 bits per heavy atom. The molecule has 0 bridgehead atoms. The monoisotopic (exact) mass is 357 g/mol. The predicted octanol–water partition coefficient (Wildman–Crippen LogP) is 2.82. The van der Waals surface area contributed by atoms with Crippen LogP contribution in [0.3, 0.4) is 0 Å². The Morgan fingerprint density at radius 2 is 2.04 bits per heavy atom. The van der Waals surface area contributed by atoms with E-state index in [9.17, 15) is 4.79 Å². The molecule has 1 aromatic heterocycles. The smallest absolute Gasteiger partial charge is 0.335 e. The van der Waals surface area contributed by atoms with Crippen molar-refractivity contribution in [2.45, 2.75) is 6.54 Å². The van der Waals surface area contributed by atoms with Crippen LogP contribution in [0, 0.1) is 5.41 Å². The number of imidazole rings is 1. The van der Waals surface area contributed by atoms with Crippen LogP contribution < -0.4 is 11.1 Å². The summed E-state index contributed by atoms with van der Waals surface area (Å²) in [6.45, 7) is 0.409. The largest absolute Gasteiger partial charge is 0.478 e. The number of nitrogens with two attached hydrogens (primary N) is 1. The summed E-state index contributed by atoms with van der Waals surface area (Å²) in [4.78, 5) is 15.6. The van der Waals surface area contributed by atoms with E-state index in [-0.39, 0.29) is 11.4 Å². The standard InChI is InChI=1S/C17H16ClN5O2/c1-23-14-5-3-10(17(24)25)7-13(14)22-15(23)8-21-12-4-2-9(16(19)20)6-11(12)18/h2-7,21H,8H2,1H3,(H3,19,20)(H,24,25). The zero-order chi connectivity index (χ0) is 18.1. The molecule has 128 valence electrons. The molecule has 0 aliphatic heterocycles. The summed E-state index contributed by atoms with van der Waals surface area (Å²) < 4.78 is 1.89. The Labute approximate surface area is 148 Å². The number of hydrogen-bond acceptors (Lipinski definition) is 4. The number of aromatic carboxylic acids is 1. The molecule has 0 aliphatic rings. The summed E-state index contributed by atoms with van der Waals surface area (Å²) >= 11 is 6.21. The number of benzene rings is 2. The summed E-state index contributed by atoms with van der Waals surface area (Å²) in [5, 5.41) is 20.1. The highest BCUT2D eigenvalue weighted by molar-refractivity contribution is 6.33. The number of carboxylic acid groups (broad SMARTS) is 1. The number of anilines is 1. The lowest BCUT2D eigenvalue weighted by molar-refractivity contribution is 0.0697. The van der Waals surface area contributed by atoms with Crippen LogP contribution in [0.4, 0.5) is 5.69 Å². The van der Waals surface area contributed by atoms with Crippen LogP contribution in [0.5, 0.6) is 0 Å². The summed E-state index contributed by atoms with van der Waals surface area (Å²) in [7, 11) is 1.87. The Morgan fingerprint density at radius 3 is 2.68 bits per heavy atom. The lowest BCUT2D eigenvalue weighted by Gasteiger charge is -2.09. The number of aromatic nitrogens is 2. The lowest BCUT2D eigenvalue weighted by Crippen LogP contribution is -2.11. The summed E-state index contributed by atoms with van der Waals surface area (Å²) in [5.74, 6) is -0.285. The quantitative estimate of drug-likeness (QED) is 0.413. The van der Waals surface area contributed by atoms with Crippen molar-refractivity contribution in [1.29, 1.82) is 5.41 Å². The van der Waals surface area contributed by atoms with Crippen LogP contribution in [0.15, 0.2) is 36.4 Å². The first-order chi connectivity index (χ1) is 11.9. The van der Waals surface area contributed by atoms with Crippen molar-refractivity contribution in [1.82, 2.24) is 9.55 Å². The highest BCUT2D eigenvalue weighted by Crippen LogP contribution is 2.24. The third kappa shape index (κ3) is 3.27. The molecule has 5 N–H and O–H groups in total. The van der Waals surface area contributed by atoms with Crippen molar-refractivity contribution >= 4 is 40.1 Å². The minimum atomic E-state index is -0.982. The number of hydrogen-bond donors (Lipinski definition) is 4. The maximum absolute atomic E-state index is 11.1. The second-order valence-corrected chi connectivity index (χ2v) is 5.96. The average molecular weight is 358 g/mol. The number of nitrogen functional groups attached to an aromatic ring is 1. The van der Waals surface area contributed by atoms with E-state index >= 15 is 0 Å². The number of aryl methyl sites for hydroxylation is 1. The van der Waals surface area contributed by atoms with Crippen molar-refractivity contribution in [3.05, 3.63) is 58.4 Å². The van der Waals surface area contributed by atoms with E-state index in [0.29, 0.717) is 28.3 Å². The van der Waals surface area contributed by atoms with Gasteiger partial charge >= 0.3 is 5.97 Å². The first kappa shape index (κ1) is 16.8. The fraction of sp³-hybridized carbons (Fsp3) is 0.118. The Bertz CT molecular complexity index is 996. The molecule has 0 saturated heterocycles. The molecule has 0 spiro atoms. The van der Waals surface area contributed by atoms with Gasteiger partial charge in [0.05, 0.1) is 33.9 Å². The van der Waals surface area contributed by atoms with Gasteiger partial charge in [-0.1, -0.05) is 11.6 Å². The Kier molecular flexibility index (Phi) is 4.33. The van der Waals surface area contributed by atoms with Gasteiger partial charge in [0.15, 0.2) is 0 Å². The van der Waals surface area contributed by atoms with Gasteiger partial charge in [-0.2, -0.15) is 0 Å². The number of amidine groups is 1. The minimum Gasteiger partial charge on any atom is -0.478 e. The van der Waals surface area contributed by atoms with E-state index in [1.807, 2.05) is 11.6 Å². The zero-order valence-corrected chi connectivity index (χ0v) is 14.1. The highest BCUT2D eigenvalue weighted by Gasteiger charge is 2.11. The minimum absolute atomic E-state index is 0.0435. The van der Waals surface area contributed by atoms with Gasteiger partial charge in [-0.15, -0.1) is 0 Å². The van der Waals surface area contributed by atoms with Crippen molar-refractivity contribution in [3.63, 3.8) is 0 Å². The molecule has 0 amide bonds. The Hall–Kier alpha value is -3.06. The molecule has 0 atom stereocenters. The third-order valence-corrected chi connectivity index (χ3v) is 4.25. The van der Waals surface area contributed by atoms with Gasteiger partial charge in [-0.25, -0.2) is 9.78 Å². The van der Waals surface area contributed by atoms with Gasteiger partial charge in [0.2, 0.25) is 0 Å². The summed E-state index contributed by atoms with van der Waals surface area (Å²) in [6.07, 6.45) is 0. The van der Waals surface area contributed by atoms with E-state index < -0.39 is 5.97 Å². The van der Waals surface area contributed by atoms with Crippen LogP contribution in [0.25, 0.3) is 11.0 Å². The molecule has 0 unspecified atom stereocenters. The molecule has 0 aliphatic carbocycles. The molecular weight excluding hydrogens is 342 g/mol. The number of nitrogens with one attached hydrogen (secondary N) is 2. The van der Waals surface area contributed by atoms with Gasteiger partial charge in [-0.05, 0) is 36.4 Å². The number of rotatable bonds is 5. The maximum Gasteiger partial charge on any atom is 0.335 e. The van der Waals surface area contributed by atoms with Crippen molar-refractivity contribution in [3.8, 4) is 0 Å². The number of carbonyl (C=O) groups is 1. The lowest BCUT2D eigenvalue weighted by atomic mass is 10.2. The molecule has 0 fully saturated rings. The van der Waals surface area contributed by atoms with Gasteiger partial charge in [0.25, 0.3) is 0 Å². The zero-order valence-electron chi connectivity index (χ0n) is 13.4. The van der Waals surface area contributed by atoms with E-state index in [0.717, 1.165) is 11.3 Å². The molecular formula is C17H16ClN5O2. The first-order valence-electron chi connectivity index (χ1n) is 7.43. The van der Waals surface area contributed by atoms with Crippen LogP contribution in [-0.4, -0.2) is 26.5 Å². The van der Waals surface area contributed by atoms with Crippen molar-refractivity contribution in [2.24, 2.45) is 12.8 Å². The highest BCUT2D eigenvalue weighted by atomic mass is 35.5. The molecule has 2 aromatic carbocycles. The molecule has 7 nitrogen and oxygen atoms in total. The molecule has 0 radical (unpaired) electrons. The van der Waals surface area contributed by atoms with Crippen LogP contribution in [0.1, 0.15) is 21.7 Å². The third-order valence-electron chi connectivity index (χ3n) is 3.94. The van der Waals surface area contributed by atoms with Crippen LogP contribution in [-0.2, 0) is 13.6 Å².